The van der Waals surface area contributed by atoms with Gasteiger partial charge in [-0.05, 0) is 59.6 Å². The molecule has 6 nitrogen and oxygen atoms in total. The molecule has 1 heterocycles. The number of anilines is 1. The molecule has 208 valence electrons. The number of benzene rings is 2. The summed E-state index contributed by atoms with van der Waals surface area (Å²) in [6.45, 7) is 13.1. The van der Waals surface area contributed by atoms with E-state index in [1.807, 2.05) is 47.4 Å². The summed E-state index contributed by atoms with van der Waals surface area (Å²) in [5, 5.41) is 11.1. The predicted octanol–water partition coefficient (Wildman–Crippen LogP) is 7.60. The molecule has 0 fully saturated rings. The molecule has 2 aromatic carbocycles. The number of carbonyl (C=O) groups is 1. The maximum absolute atomic E-state index is 13.7. The maximum atomic E-state index is 13.7. The van der Waals surface area contributed by atoms with E-state index in [4.69, 9.17) is 9.79 Å². The molecule has 3 N–H and O–H groups in total. The first kappa shape index (κ1) is 30.5. The lowest BCUT2D eigenvalue weighted by Gasteiger charge is -2.31. The Morgan fingerprint density at radius 2 is 1.45 bits per heavy atom. The van der Waals surface area contributed by atoms with Gasteiger partial charge in [0.05, 0.1) is 10.6 Å². The second-order valence-corrected chi connectivity index (χ2v) is 15.0. The Morgan fingerprint density at radius 1 is 0.895 bits per heavy atom. The third-order valence-electron chi connectivity index (χ3n) is 6.71. The highest BCUT2D eigenvalue weighted by Gasteiger charge is 2.30. The molecule has 0 aliphatic carbocycles. The molecule has 0 bridgehead atoms. The number of nitrogens with zero attached hydrogens (tertiary/aromatic N) is 1. The van der Waals surface area contributed by atoms with Crippen molar-refractivity contribution < 1.29 is 24.3 Å². The molecular formula is C30H42NO5PS. The van der Waals surface area contributed by atoms with Gasteiger partial charge < -0.3 is 19.8 Å². The van der Waals surface area contributed by atoms with Crippen LogP contribution >= 0.6 is 19.4 Å². The number of phenols is 1. The molecule has 1 aliphatic heterocycles. The average molecular weight is 560 g/mol. The Kier molecular flexibility index (Phi) is 9.63. The van der Waals surface area contributed by atoms with Gasteiger partial charge in [-0.2, -0.15) is 0 Å². The third kappa shape index (κ3) is 7.98. The van der Waals surface area contributed by atoms with Gasteiger partial charge in [0.15, 0.2) is 0 Å². The highest BCUT2D eigenvalue weighted by atomic mass is 32.2. The summed E-state index contributed by atoms with van der Waals surface area (Å²) in [7, 11) is -3.93. The first-order valence-electron chi connectivity index (χ1n) is 13.3. The molecule has 0 saturated heterocycles. The van der Waals surface area contributed by atoms with Crippen LogP contribution in [0.1, 0.15) is 90.3 Å². The van der Waals surface area contributed by atoms with E-state index < -0.39 is 7.60 Å². The normalized spacial score (nSPS) is 15.7. The van der Waals surface area contributed by atoms with E-state index in [2.05, 4.69) is 41.5 Å². The van der Waals surface area contributed by atoms with Crippen LogP contribution in [0.25, 0.3) is 6.08 Å². The van der Waals surface area contributed by atoms with Crippen LogP contribution in [0.3, 0.4) is 0 Å². The molecule has 38 heavy (non-hydrogen) atoms. The number of aromatic hydroxyl groups is 1. The molecule has 8 heteroatoms. The molecule has 1 aliphatic rings. The number of carbonyl (C=O) groups excluding carboxylic acids is 1. The second-order valence-electron chi connectivity index (χ2n) is 12.2. The van der Waals surface area contributed by atoms with E-state index in [1.54, 1.807) is 0 Å². The second kappa shape index (κ2) is 12.0. The fraction of sp³-hybridized carbons (Fsp3) is 0.500. The van der Waals surface area contributed by atoms with Gasteiger partial charge >= 0.3 is 7.60 Å². The first-order chi connectivity index (χ1) is 17.6. The van der Waals surface area contributed by atoms with Crippen LogP contribution in [0.2, 0.25) is 0 Å². The zero-order valence-electron chi connectivity index (χ0n) is 23.5. The standard InChI is InChI=1S/C30H42NO5PS/c1-29(2,3)22-18-21(19-23(27(22)32)30(4,5)6)20-26-28(33)31(24-14-10-11-15-25(24)38-26)16-12-8-7-9-13-17-37(34,35)36/h10-11,14-15,18-20,32H,7-9,12-13,16-17H2,1-6H3,(H2,34,35,36)/b26-20-. The fourth-order valence-corrected chi connectivity index (χ4v) is 6.33. The quantitative estimate of drug-likeness (QED) is 0.166. The lowest BCUT2D eigenvalue weighted by Crippen LogP contribution is -2.35. The van der Waals surface area contributed by atoms with Crippen LogP contribution in [-0.4, -0.2) is 33.5 Å². The van der Waals surface area contributed by atoms with Crippen molar-refractivity contribution in [2.75, 3.05) is 17.6 Å². The van der Waals surface area contributed by atoms with Crippen molar-refractivity contribution in [3.8, 4) is 5.75 Å². The Hall–Kier alpha value is -2.05. The SMILES string of the molecule is CC(C)(C)c1cc(/C=C2\Sc3ccccc3N(CCCCCCCP(=O)(O)O)C2=O)cc(C(C)(C)C)c1O. The topological polar surface area (TPSA) is 98.1 Å². The minimum absolute atomic E-state index is 0.0297. The zero-order valence-corrected chi connectivity index (χ0v) is 25.2. The minimum atomic E-state index is -3.93. The summed E-state index contributed by atoms with van der Waals surface area (Å²) in [5.74, 6) is 0.292. The summed E-state index contributed by atoms with van der Waals surface area (Å²) >= 11 is 1.48. The average Bonchev–Trinajstić information content (AvgIpc) is 2.79. The van der Waals surface area contributed by atoms with E-state index in [0.29, 0.717) is 23.6 Å². The minimum Gasteiger partial charge on any atom is -0.507 e. The summed E-state index contributed by atoms with van der Waals surface area (Å²) in [6, 6.07) is 11.9. The molecule has 0 saturated carbocycles. The molecule has 2 aromatic rings. The molecule has 0 spiro atoms. The van der Waals surface area contributed by atoms with Crippen LogP contribution < -0.4 is 4.90 Å². The van der Waals surface area contributed by atoms with Crippen LogP contribution in [0.15, 0.2) is 46.2 Å². The fourth-order valence-electron chi connectivity index (χ4n) is 4.64. The first-order valence-corrected chi connectivity index (χ1v) is 15.9. The number of thioether (sulfide) groups is 1. The van der Waals surface area contributed by atoms with E-state index in [0.717, 1.165) is 53.0 Å². The van der Waals surface area contributed by atoms with Crippen molar-refractivity contribution >= 4 is 37.0 Å². The lowest BCUT2D eigenvalue weighted by atomic mass is 9.78. The molecular weight excluding hydrogens is 517 g/mol. The number of fused-ring (bicyclic) bond motifs is 1. The highest BCUT2D eigenvalue weighted by Crippen LogP contribution is 2.44. The Balaban J connectivity index is 1.85. The molecule has 0 unspecified atom stereocenters. The summed E-state index contributed by atoms with van der Waals surface area (Å²) < 4.78 is 11.0. The number of amides is 1. The van der Waals surface area contributed by atoms with Crippen LogP contribution in [0.4, 0.5) is 5.69 Å². The molecule has 1 amide bonds. The van der Waals surface area contributed by atoms with E-state index >= 15 is 0 Å². The van der Waals surface area contributed by atoms with Gasteiger partial charge in [-0.3, -0.25) is 9.36 Å². The smallest absolute Gasteiger partial charge is 0.325 e. The van der Waals surface area contributed by atoms with Crippen molar-refractivity contribution in [2.45, 2.75) is 89.4 Å². The summed E-state index contributed by atoms with van der Waals surface area (Å²) in [4.78, 5) is 35.3. The van der Waals surface area contributed by atoms with Gasteiger partial charge in [-0.15, -0.1) is 0 Å². The van der Waals surface area contributed by atoms with E-state index in [9.17, 15) is 14.5 Å². The van der Waals surface area contributed by atoms with Crippen molar-refractivity contribution in [1.29, 1.82) is 0 Å². The van der Waals surface area contributed by atoms with Crippen LogP contribution in [0, 0.1) is 0 Å². The van der Waals surface area contributed by atoms with Crippen molar-refractivity contribution in [3.05, 3.63) is 58.0 Å². The summed E-state index contributed by atoms with van der Waals surface area (Å²) in [5.41, 5.74) is 3.02. The van der Waals surface area contributed by atoms with Crippen LogP contribution in [0.5, 0.6) is 5.75 Å². The molecule has 3 rings (SSSR count). The number of para-hydroxylation sites is 1. The number of hydrogen-bond donors (Lipinski definition) is 3. The van der Waals surface area contributed by atoms with E-state index in [-0.39, 0.29) is 22.9 Å². The number of hydrogen-bond acceptors (Lipinski definition) is 4. The molecule has 0 atom stereocenters. The Morgan fingerprint density at radius 3 is 2.03 bits per heavy atom. The summed E-state index contributed by atoms with van der Waals surface area (Å²) in [6.07, 6.45) is 5.74. The van der Waals surface area contributed by atoms with Gasteiger partial charge in [0, 0.05) is 28.7 Å². The van der Waals surface area contributed by atoms with Crippen molar-refractivity contribution in [3.63, 3.8) is 0 Å². The van der Waals surface area contributed by atoms with Gasteiger partial charge in [0.1, 0.15) is 5.75 Å². The number of rotatable bonds is 9. The van der Waals surface area contributed by atoms with Crippen LogP contribution in [-0.2, 0) is 20.2 Å². The Bertz CT molecular complexity index is 1200. The number of unbranched alkanes of at least 4 members (excludes halogenated alkanes) is 4. The van der Waals surface area contributed by atoms with Gasteiger partial charge in [-0.1, -0.05) is 84.7 Å². The zero-order chi connectivity index (χ0) is 28.3. The Labute approximate surface area is 231 Å². The van der Waals surface area contributed by atoms with Gasteiger partial charge in [-0.25, -0.2) is 0 Å². The lowest BCUT2D eigenvalue weighted by molar-refractivity contribution is -0.114. The number of phenolic OH excluding ortho intramolecular Hbond substituents is 1. The molecule has 0 radical (unpaired) electrons. The van der Waals surface area contributed by atoms with Gasteiger partial charge in [0.25, 0.3) is 5.91 Å². The molecule has 0 aromatic heterocycles. The van der Waals surface area contributed by atoms with E-state index in [1.165, 1.54) is 11.8 Å². The monoisotopic (exact) mass is 559 g/mol. The predicted molar refractivity (Wildman–Crippen MR) is 158 cm³/mol. The van der Waals surface area contributed by atoms with Gasteiger partial charge in [0.2, 0.25) is 0 Å². The van der Waals surface area contributed by atoms with Crippen molar-refractivity contribution in [1.82, 2.24) is 0 Å². The highest BCUT2D eigenvalue weighted by molar-refractivity contribution is 8.04. The third-order valence-corrected chi connectivity index (χ3v) is 8.69. The van der Waals surface area contributed by atoms with Crippen molar-refractivity contribution in [2.24, 2.45) is 0 Å². The maximum Gasteiger partial charge on any atom is 0.325 e. The largest absolute Gasteiger partial charge is 0.507 e.